The number of rotatable bonds is 6. The molecule has 4 rings (SSSR count). The van der Waals surface area contributed by atoms with Crippen molar-refractivity contribution >= 4 is 0 Å². The lowest BCUT2D eigenvalue weighted by molar-refractivity contribution is 0.130. The van der Waals surface area contributed by atoms with Gasteiger partial charge in [0.1, 0.15) is 11.5 Å². The second-order valence-corrected chi connectivity index (χ2v) is 6.84. The molecule has 2 heterocycles. The van der Waals surface area contributed by atoms with Crippen LogP contribution in [-0.4, -0.2) is 44.8 Å². The summed E-state index contributed by atoms with van der Waals surface area (Å²) in [6, 6.07) is 17.1. The maximum Gasteiger partial charge on any atom is 0.340 e. The van der Waals surface area contributed by atoms with E-state index in [1.165, 1.54) is 16.3 Å². The molecule has 6 nitrogen and oxygen atoms in total. The third kappa shape index (κ3) is 4.31. The molecule has 27 heavy (non-hydrogen) atoms. The molecule has 140 valence electrons. The maximum atomic E-state index is 14.0. The van der Waals surface area contributed by atoms with Crippen molar-refractivity contribution in [2.75, 3.05) is 19.7 Å². The molecule has 0 aliphatic carbocycles. The molecule has 1 aromatic heterocycles. The largest absolute Gasteiger partial charge is 0.462 e. The predicted molar refractivity (Wildman–Crippen MR) is 99.1 cm³/mol. The van der Waals surface area contributed by atoms with Crippen LogP contribution in [0.4, 0.5) is 4.39 Å². The molecule has 1 fully saturated rings. The standard InChI is InChI=1S/C20H22FN5O/c21-18-8-4-5-9-19(18)26-20(22-23-24-26)27-15-17-10-12-25(13-11-17)14-16-6-2-1-3-7-16/h1-9,17H,10-15H2. The smallest absolute Gasteiger partial charge is 0.340 e. The highest BCUT2D eigenvalue weighted by Gasteiger charge is 2.21. The van der Waals surface area contributed by atoms with Gasteiger partial charge in [-0.25, -0.2) is 4.39 Å². The summed E-state index contributed by atoms with van der Waals surface area (Å²) in [5.41, 5.74) is 1.63. The van der Waals surface area contributed by atoms with Gasteiger partial charge < -0.3 is 4.74 Å². The summed E-state index contributed by atoms with van der Waals surface area (Å²) >= 11 is 0. The van der Waals surface area contributed by atoms with E-state index >= 15 is 0 Å². The van der Waals surface area contributed by atoms with Gasteiger partial charge in [-0.1, -0.05) is 47.6 Å². The zero-order chi connectivity index (χ0) is 18.5. The molecule has 3 aromatic rings. The molecule has 1 aliphatic rings. The first-order chi connectivity index (χ1) is 13.3. The Morgan fingerprint density at radius 2 is 1.74 bits per heavy atom. The van der Waals surface area contributed by atoms with Crippen LogP contribution >= 0.6 is 0 Å². The molecule has 0 bridgehead atoms. The van der Waals surface area contributed by atoms with Gasteiger partial charge >= 0.3 is 6.01 Å². The zero-order valence-corrected chi connectivity index (χ0v) is 15.0. The number of nitrogens with zero attached hydrogens (tertiary/aromatic N) is 5. The Hall–Kier alpha value is -2.80. The summed E-state index contributed by atoms with van der Waals surface area (Å²) in [7, 11) is 0. The van der Waals surface area contributed by atoms with Crippen LogP contribution in [0.3, 0.4) is 0 Å². The Bertz CT molecular complexity index is 862. The molecule has 2 aromatic carbocycles. The number of likely N-dealkylation sites (tertiary alicyclic amines) is 1. The van der Waals surface area contributed by atoms with Crippen molar-refractivity contribution < 1.29 is 9.13 Å². The van der Waals surface area contributed by atoms with E-state index in [1.807, 2.05) is 6.07 Å². The monoisotopic (exact) mass is 367 g/mol. The second-order valence-electron chi connectivity index (χ2n) is 6.84. The summed E-state index contributed by atoms with van der Waals surface area (Å²) in [6.07, 6.45) is 2.13. The fourth-order valence-corrected chi connectivity index (χ4v) is 3.39. The molecule has 0 N–H and O–H groups in total. The molecule has 0 unspecified atom stereocenters. The van der Waals surface area contributed by atoms with E-state index in [9.17, 15) is 4.39 Å². The van der Waals surface area contributed by atoms with Crippen LogP contribution in [0.15, 0.2) is 54.6 Å². The SMILES string of the molecule is Fc1ccccc1-n1nnnc1OCC1CCN(Cc2ccccc2)CC1. The fraction of sp³-hybridized carbons (Fsp3) is 0.350. The molecule has 0 radical (unpaired) electrons. The molecule has 0 saturated carbocycles. The van der Waals surface area contributed by atoms with Gasteiger partial charge in [-0.15, -0.1) is 0 Å². The minimum absolute atomic E-state index is 0.229. The highest BCUT2D eigenvalue weighted by Crippen LogP contribution is 2.21. The number of ether oxygens (including phenoxy) is 1. The van der Waals surface area contributed by atoms with Gasteiger partial charge in [0.05, 0.1) is 6.61 Å². The summed E-state index contributed by atoms with van der Waals surface area (Å²) in [4.78, 5) is 2.47. The number of aromatic nitrogens is 4. The molecular formula is C20H22FN5O. The Morgan fingerprint density at radius 3 is 2.52 bits per heavy atom. The van der Waals surface area contributed by atoms with E-state index in [2.05, 4.69) is 44.7 Å². The number of benzene rings is 2. The zero-order valence-electron chi connectivity index (χ0n) is 15.0. The van der Waals surface area contributed by atoms with Crippen molar-refractivity contribution in [1.82, 2.24) is 25.1 Å². The molecule has 7 heteroatoms. The first-order valence-corrected chi connectivity index (χ1v) is 9.22. The van der Waals surface area contributed by atoms with Crippen molar-refractivity contribution in [2.24, 2.45) is 5.92 Å². The number of hydrogen-bond donors (Lipinski definition) is 0. The summed E-state index contributed by atoms with van der Waals surface area (Å²) in [5, 5.41) is 11.4. The molecule has 0 atom stereocenters. The van der Waals surface area contributed by atoms with E-state index in [0.29, 0.717) is 12.5 Å². The summed E-state index contributed by atoms with van der Waals surface area (Å²) in [5.74, 6) is 0.0617. The van der Waals surface area contributed by atoms with E-state index in [4.69, 9.17) is 4.74 Å². The van der Waals surface area contributed by atoms with Gasteiger partial charge in [0.25, 0.3) is 0 Å². The average molecular weight is 367 g/mol. The number of para-hydroxylation sites is 1. The normalized spacial score (nSPS) is 15.7. The van der Waals surface area contributed by atoms with E-state index in [1.54, 1.807) is 18.2 Å². The Morgan fingerprint density at radius 1 is 1.00 bits per heavy atom. The van der Waals surface area contributed by atoms with Crippen molar-refractivity contribution in [3.8, 4) is 11.7 Å². The third-order valence-corrected chi connectivity index (χ3v) is 4.93. The lowest BCUT2D eigenvalue weighted by Crippen LogP contribution is -2.35. The number of hydrogen-bond acceptors (Lipinski definition) is 5. The van der Waals surface area contributed by atoms with Crippen LogP contribution in [-0.2, 0) is 6.54 Å². The van der Waals surface area contributed by atoms with Crippen LogP contribution in [0.1, 0.15) is 18.4 Å². The van der Waals surface area contributed by atoms with Crippen LogP contribution in [0.5, 0.6) is 6.01 Å². The van der Waals surface area contributed by atoms with E-state index in [-0.39, 0.29) is 17.5 Å². The first kappa shape index (κ1) is 17.6. The summed E-state index contributed by atoms with van der Waals surface area (Å²) in [6.45, 7) is 3.61. The molecule has 0 amide bonds. The molecule has 0 spiro atoms. The van der Waals surface area contributed by atoms with Crippen LogP contribution in [0.25, 0.3) is 5.69 Å². The predicted octanol–water partition coefficient (Wildman–Crippen LogP) is 3.09. The second kappa shape index (κ2) is 8.26. The highest BCUT2D eigenvalue weighted by atomic mass is 19.1. The average Bonchev–Trinajstić information content (AvgIpc) is 3.17. The Labute approximate surface area is 157 Å². The number of halogens is 1. The van der Waals surface area contributed by atoms with Crippen molar-refractivity contribution in [1.29, 1.82) is 0 Å². The fourth-order valence-electron chi connectivity index (χ4n) is 3.39. The minimum Gasteiger partial charge on any atom is -0.462 e. The molecular weight excluding hydrogens is 345 g/mol. The Kier molecular flexibility index (Phi) is 5.39. The topological polar surface area (TPSA) is 56.1 Å². The van der Waals surface area contributed by atoms with Crippen molar-refractivity contribution in [3.63, 3.8) is 0 Å². The van der Waals surface area contributed by atoms with Gasteiger partial charge in [0.2, 0.25) is 0 Å². The van der Waals surface area contributed by atoms with Crippen molar-refractivity contribution in [3.05, 3.63) is 66.0 Å². The third-order valence-electron chi connectivity index (χ3n) is 4.93. The van der Waals surface area contributed by atoms with Gasteiger partial charge in [0.15, 0.2) is 0 Å². The van der Waals surface area contributed by atoms with Crippen LogP contribution in [0, 0.1) is 11.7 Å². The summed E-state index contributed by atoms with van der Waals surface area (Å²) < 4.78 is 21.1. The van der Waals surface area contributed by atoms with E-state index < -0.39 is 0 Å². The van der Waals surface area contributed by atoms with Crippen LogP contribution < -0.4 is 4.74 Å². The minimum atomic E-state index is -0.385. The van der Waals surface area contributed by atoms with Crippen LogP contribution in [0.2, 0.25) is 0 Å². The van der Waals surface area contributed by atoms with Crippen molar-refractivity contribution in [2.45, 2.75) is 19.4 Å². The van der Waals surface area contributed by atoms with Gasteiger partial charge in [-0.2, -0.15) is 4.68 Å². The number of tetrazole rings is 1. The molecule has 1 saturated heterocycles. The van der Waals surface area contributed by atoms with Gasteiger partial charge in [-0.05, 0) is 60.0 Å². The van der Waals surface area contributed by atoms with Gasteiger partial charge in [0, 0.05) is 6.54 Å². The lowest BCUT2D eigenvalue weighted by Gasteiger charge is -2.31. The highest BCUT2D eigenvalue weighted by molar-refractivity contribution is 5.33. The first-order valence-electron chi connectivity index (χ1n) is 9.22. The lowest BCUT2D eigenvalue weighted by atomic mass is 9.97. The number of piperidine rings is 1. The van der Waals surface area contributed by atoms with Gasteiger partial charge in [-0.3, -0.25) is 4.90 Å². The van der Waals surface area contributed by atoms with E-state index in [0.717, 1.165) is 32.5 Å². The molecule has 1 aliphatic heterocycles. The quantitative estimate of drug-likeness (QED) is 0.670. The Balaban J connectivity index is 1.30. The maximum absolute atomic E-state index is 14.0.